The fourth-order valence-corrected chi connectivity index (χ4v) is 3.93. The largest absolute Gasteiger partial charge is 0.497 e. The minimum absolute atomic E-state index is 0.0186. The third-order valence-electron chi connectivity index (χ3n) is 4.79. The van der Waals surface area contributed by atoms with Crippen molar-refractivity contribution in [3.63, 3.8) is 0 Å². The molecule has 1 unspecified atom stereocenters. The lowest BCUT2D eigenvalue weighted by Gasteiger charge is -2.31. The summed E-state index contributed by atoms with van der Waals surface area (Å²) < 4.78 is 5.16. The quantitative estimate of drug-likeness (QED) is 0.803. The van der Waals surface area contributed by atoms with E-state index in [1.807, 2.05) is 45.0 Å². The Morgan fingerprint density at radius 3 is 2.57 bits per heavy atom. The van der Waals surface area contributed by atoms with E-state index in [0.29, 0.717) is 11.7 Å². The number of hydrogen-bond donors (Lipinski definition) is 1. The predicted octanol–water partition coefficient (Wildman–Crippen LogP) is 2.92. The Labute approximate surface area is 169 Å². The van der Waals surface area contributed by atoms with Crippen LogP contribution in [-0.2, 0) is 22.4 Å². The van der Waals surface area contributed by atoms with Crippen LogP contribution in [0.15, 0.2) is 24.3 Å². The molecule has 1 aromatic carbocycles. The van der Waals surface area contributed by atoms with Crippen molar-refractivity contribution in [2.24, 2.45) is 5.92 Å². The smallest absolute Gasteiger partial charge is 0.231 e. The van der Waals surface area contributed by atoms with Gasteiger partial charge in [0, 0.05) is 24.9 Å². The van der Waals surface area contributed by atoms with Gasteiger partial charge in [-0.15, -0.1) is 10.2 Å². The molecule has 2 aromatic rings. The number of carbonyl (C=O) groups excluding carboxylic acids is 2. The van der Waals surface area contributed by atoms with Gasteiger partial charge in [-0.25, -0.2) is 0 Å². The van der Waals surface area contributed by atoms with Crippen molar-refractivity contribution in [1.82, 2.24) is 15.1 Å². The molecule has 1 aliphatic rings. The lowest BCUT2D eigenvalue weighted by molar-refractivity contribution is -0.131. The minimum Gasteiger partial charge on any atom is -0.497 e. The summed E-state index contributed by atoms with van der Waals surface area (Å²) in [4.78, 5) is 26.4. The van der Waals surface area contributed by atoms with Crippen LogP contribution in [-0.4, -0.2) is 46.1 Å². The SMILES string of the molecule is COc1ccc(CCc2nnc(NC(=O)C3CC(=O)N(C(C)(C)C)C3)s2)cc1. The Kier molecular flexibility index (Phi) is 5.98. The Morgan fingerprint density at radius 2 is 1.96 bits per heavy atom. The molecule has 1 aliphatic heterocycles. The maximum absolute atomic E-state index is 12.5. The van der Waals surface area contributed by atoms with Crippen LogP contribution in [0.4, 0.5) is 5.13 Å². The highest BCUT2D eigenvalue weighted by Gasteiger charge is 2.39. The van der Waals surface area contributed by atoms with Crippen LogP contribution in [0.25, 0.3) is 0 Å². The van der Waals surface area contributed by atoms with E-state index in [9.17, 15) is 9.59 Å². The average molecular weight is 403 g/mol. The first-order valence-corrected chi connectivity index (χ1v) is 10.1. The molecule has 1 aromatic heterocycles. The molecule has 1 N–H and O–H groups in total. The molecule has 0 saturated carbocycles. The second-order valence-corrected chi connectivity index (χ2v) is 8.98. The Hall–Kier alpha value is -2.48. The molecule has 28 heavy (non-hydrogen) atoms. The van der Waals surface area contributed by atoms with Crippen molar-refractivity contribution in [2.75, 3.05) is 19.0 Å². The number of aryl methyl sites for hydroxylation is 2. The Balaban J connectivity index is 1.52. The van der Waals surface area contributed by atoms with Gasteiger partial charge < -0.3 is 15.0 Å². The number of ether oxygens (including phenoxy) is 1. The van der Waals surface area contributed by atoms with Crippen LogP contribution in [0.1, 0.15) is 37.8 Å². The van der Waals surface area contributed by atoms with Crippen LogP contribution in [0.5, 0.6) is 5.75 Å². The molecule has 150 valence electrons. The number of carbonyl (C=O) groups is 2. The molecule has 2 amide bonds. The third kappa shape index (κ3) is 4.86. The lowest BCUT2D eigenvalue weighted by atomic mass is 10.1. The first kappa shape index (κ1) is 20.3. The van der Waals surface area contributed by atoms with E-state index in [0.717, 1.165) is 23.6 Å². The zero-order valence-electron chi connectivity index (χ0n) is 16.7. The first-order valence-electron chi connectivity index (χ1n) is 9.33. The number of likely N-dealkylation sites (tertiary alicyclic amines) is 1. The third-order valence-corrected chi connectivity index (χ3v) is 5.69. The summed E-state index contributed by atoms with van der Waals surface area (Å²) in [6, 6.07) is 7.93. The van der Waals surface area contributed by atoms with E-state index in [4.69, 9.17) is 4.74 Å². The summed E-state index contributed by atoms with van der Waals surface area (Å²) in [5, 5.41) is 12.4. The molecule has 2 heterocycles. The fraction of sp³-hybridized carbons (Fsp3) is 0.500. The molecule has 3 rings (SSSR count). The highest BCUT2D eigenvalue weighted by Crippen LogP contribution is 2.27. The molecule has 7 nitrogen and oxygen atoms in total. The van der Waals surface area contributed by atoms with E-state index >= 15 is 0 Å². The van der Waals surface area contributed by atoms with Gasteiger partial charge in [-0.2, -0.15) is 0 Å². The van der Waals surface area contributed by atoms with Crippen molar-refractivity contribution in [1.29, 1.82) is 0 Å². The number of benzene rings is 1. The minimum atomic E-state index is -0.349. The molecule has 0 radical (unpaired) electrons. The fourth-order valence-electron chi connectivity index (χ4n) is 3.19. The summed E-state index contributed by atoms with van der Waals surface area (Å²) in [6.07, 6.45) is 1.83. The zero-order chi connectivity index (χ0) is 20.3. The maximum atomic E-state index is 12.5. The molecule has 1 fully saturated rings. The monoisotopic (exact) mass is 402 g/mol. The van der Waals surface area contributed by atoms with Crippen molar-refractivity contribution in [2.45, 2.75) is 45.6 Å². The summed E-state index contributed by atoms with van der Waals surface area (Å²) >= 11 is 1.38. The van der Waals surface area contributed by atoms with Crippen molar-refractivity contribution >= 4 is 28.3 Å². The topological polar surface area (TPSA) is 84.4 Å². The Bertz CT molecular complexity index is 842. The molecular weight excluding hydrogens is 376 g/mol. The molecule has 0 aliphatic carbocycles. The normalized spacial score (nSPS) is 17.1. The molecule has 0 spiro atoms. The number of hydrogen-bond acceptors (Lipinski definition) is 6. The van der Waals surface area contributed by atoms with Crippen LogP contribution in [0.3, 0.4) is 0 Å². The number of nitrogens with one attached hydrogen (secondary N) is 1. The van der Waals surface area contributed by atoms with Crippen LogP contribution >= 0.6 is 11.3 Å². The zero-order valence-corrected chi connectivity index (χ0v) is 17.5. The van der Waals surface area contributed by atoms with E-state index in [1.54, 1.807) is 12.0 Å². The van der Waals surface area contributed by atoms with Crippen LogP contribution in [0.2, 0.25) is 0 Å². The number of amides is 2. The lowest BCUT2D eigenvalue weighted by Crippen LogP contribution is -2.42. The summed E-state index contributed by atoms with van der Waals surface area (Å²) in [5.41, 5.74) is 0.914. The molecule has 0 bridgehead atoms. The van der Waals surface area contributed by atoms with E-state index in [-0.39, 0.29) is 29.7 Å². The number of anilines is 1. The van der Waals surface area contributed by atoms with Gasteiger partial charge in [0.15, 0.2) is 0 Å². The van der Waals surface area contributed by atoms with Crippen LogP contribution < -0.4 is 10.1 Å². The molecule has 1 saturated heterocycles. The van der Waals surface area contributed by atoms with Gasteiger partial charge in [-0.1, -0.05) is 23.5 Å². The second-order valence-electron chi connectivity index (χ2n) is 7.91. The first-order chi connectivity index (χ1) is 13.3. The number of aromatic nitrogens is 2. The summed E-state index contributed by atoms with van der Waals surface area (Å²) in [6.45, 7) is 6.37. The van der Waals surface area contributed by atoms with Gasteiger partial charge in [0.25, 0.3) is 0 Å². The van der Waals surface area contributed by atoms with E-state index < -0.39 is 0 Å². The summed E-state index contributed by atoms with van der Waals surface area (Å²) in [7, 11) is 1.65. The second kappa shape index (κ2) is 8.26. The number of methoxy groups -OCH3 is 1. The highest BCUT2D eigenvalue weighted by molar-refractivity contribution is 7.15. The number of nitrogens with zero attached hydrogens (tertiary/aromatic N) is 3. The van der Waals surface area contributed by atoms with Gasteiger partial charge in [0.1, 0.15) is 10.8 Å². The predicted molar refractivity (Wildman–Crippen MR) is 109 cm³/mol. The van der Waals surface area contributed by atoms with Gasteiger partial charge in [0.2, 0.25) is 16.9 Å². The van der Waals surface area contributed by atoms with E-state index in [1.165, 1.54) is 16.9 Å². The van der Waals surface area contributed by atoms with Crippen molar-refractivity contribution < 1.29 is 14.3 Å². The van der Waals surface area contributed by atoms with Crippen molar-refractivity contribution in [3.05, 3.63) is 34.8 Å². The van der Waals surface area contributed by atoms with Crippen molar-refractivity contribution in [3.8, 4) is 5.75 Å². The van der Waals surface area contributed by atoms with Gasteiger partial charge in [-0.05, 0) is 44.9 Å². The molecular formula is C20H26N4O3S. The Morgan fingerprint density at radius 1 is 1.25 bits per heavy atom. The maximum Gasteiger partial charge on any atom is 0.231 e. The molecule has 1 atom stereocenters. The molecule has 8 heteroatoms. The van der Waals surface area contributed by atoms with E-state index in [2.05, 4.69) is 15.5 Å². The highest BCUT2D eigenvalue weighted by atomic mass is 32.1. The number of rotatable bonds is 6. The average Bonchev–Trinajstić information content (AvgIpc) is 3.26. The van der Waals surface area contributed by atoms with Gasteiger partial charge >= 0.3 is 0 Å². The standard InChI is InChI=1S/C20H26N4O3S/c1-20(2,3)24-12-14(11-17(24)25)18(26)21-19-23-22-16(28-19)10-7-13-5-8-15(27-4)9-6-13/h5-6,8-9,14H,7,10-12H2,1-4H3,(H,21,23,26). The van der Waals surface area contributed by atoms with Crippen LogP contribution in [0, 0.1) is 5.92 Å². The van der Waals surface area contributed by atoms with Gasteiger partial charge in [-0.3, -0.25) is 9.59 Å². The summed E-state index contributed by atoms with van der Waals surface area (Å²) in [5.74, 6) is 0.335. The van der Waals surface area contributed by atoms with Gasteiger partial charge in [0.05, 0.1) is 13.0 Å².